The molecule has 3 rings (SSSR count). The molecule has 0 aliphatic heterocycles. The maximum absolute atomic E-state index is 12.0. The Morgan fingerprint density at radius 3 is 2.78 bits per heavy atom. The molecule has 1 amide bonds. The van der Waals surface area contributed by atoms with Crippen LogP contribution in [0.5, 0.6) is 0 Å². The van der Waals surface area contributed by atoms with Crippen LogP contribution in [-0.4, -0.2) is 22.2 Å². The van der Waals surface area contributed by atoms with E-state index in [2.05, 4.69) is 16.5 Å². The quantitative estimate of drug-likeness (QED) is 0.707. The van der Waals surface area contributed by atoms with Gasteiger partial charge in [0.15, 0.2) is 0 Å². The molecule has 23 heavy (non-hydrogen) atoms. The summed E-state index contributed by atoms with van der Waals surface area (Å²) in [4.78, 5) is 13.2. The van der Waals surface area contributed by atoms with Crippen molar-refractivity contribution in [1.82, 2.24) is 15.1 Å². The summed E-state index contributed by atoms with van der Waals surface area (Å²) in [5, 5.41) is 9.28. The number of rotatable bonds is 6. The molecule has 2 aromatic heterocycles. The number of benzene rings is 1. The Labute approximate surface area is 139 Å². The summed E-state index contributed by atoms with van der Waals surface area (Å²) in [6.07, 6.45) is 7.03. The van der Waals surface area contributed by atoms with E-state index in [0.717, 1.165) is 5.56 Å². The summed E-state index contributed by atoms with van der Waals surface area (Å²) in [7, 11) is 0. The van der Waals surface area contributed by atoms with Crippen LogP contribution in [0.4, 0.5) is 0 Å². The van der Waals surface area contributed by atoms with Crippen molar-refractivity contribution in [3.63, 3.8) is 0 Å². The lowest BCUT2D eigenvalue weighted by Crippen LogP contribution is -2.30. The Morgan fingerprint density at radius 1 is 1.22 bits per heavy atom. The average Bonchev–Trinajstić information content (AvgIpc) is 3.28. The number of carbonyl (C=O) groups excluding carboxylic acids is 1. The standard InChI is InChI=1S/C18H17N3OS/c22-18(10-9-15-6-2-1-3-7-15)19-14-16(17-8-4-13-23-17)21-12-5-11-20-21/h1-13,16H,14H2,(H,19,22)/b10-9+/t16-/m0/s1. The molecule has 116 valence electrons. The molecule has 0 saturated heterocycles. The maximum Gasteiger partial charge on any atom is 0.244 e. The highest BCUT2D eigenvalue weighted by atomic mass is 32.1. The van der Waals surface area contributed by atoms with Crippen LogP contribution in [0, 0.1) is 0 Å². The molecule has 0 radical (unpaired) electrons. The van der Waals surface area contributed by atoms with E-state index < -0.39 is 0 Å². The third-order valence-electron chi connectivity index (χ3n) is 3.41. The third-order valence-corrected chi connectivity index (χ3v) is 4.39. The van der Waals surface area contributed by atoms with Gasteiger partial charge in [-0.2, -0.15) is 5.10 Å². The van der Waals surface area contributed by atoms with Gasteiger partial charge in [0, 0.05) is 29.9 Å². The second-order valence-corrected chi connectivity index (χ2v) is 5.99. The summed E-state index contributed by atoms with van der Waals surface area (Å²) < 4.78 is 1.87. The van der Waals surface area contributed by atoms with Gasteiger partial charge in [0.05, 0.1) is 0 Å². The zero-order valence-electron chi connectivity index (χ0n) is 12.5. The molecule has 0 fully saturated rings. The molecule has 1 aromatic carbocycles. The van der Waals surface area contributed by atoms with Gasteiger partial charge in [0.25, 0.3) is 0 Å². The average molecular weight is 323 g/mol. The van der Waals surface area contributed by atoms with Crippen LogP contribution >= 0.6 is 11.3 Å². The van der Waals surface area contributed by atoms with E-state index in [1.807, 2.05) is 64.8 Å². The van der Waals surface area contributed by atoms with Crippen molar-refractivity contribution in [2.24, 2.45) is 0 Å². The first kappa shape index (κ1) is 15.2. The SMILES string of the molecule is O=C(/C=C/c1ccccc1)NC[C@@H](c1cccs1)n1cccn1. The Morgan fingerprint density at radius 2 is 2.09 bits per heavy atom. The first-order valence-electron chi connectivity index (χ1n) is 7.36. The van der Waals surface area contributed by atoms with Gasteiger partial charge in [-0.1, -0.05) is 36.4 Å². The van der Waals surface area contributed by atoms with Crippen LogP contribution in [0.3, 0.4) is 0 Å². The van der Waals surface area contributed by atoms with E-state index in [-0.39, 0.29) is 11.9 Å². The number of nitrogens with zero attached hydrogens (tertiary/aromatic N) is 2. The van der Waals surface area contributed by atoms with E-state index >= 15 is 0 Å². The fourth-order valence-corrected chi connectivity index (χ4v) is 3.08. The van der Waals surface area contributed by atoms with E-state index in [1.165, 1.54) is 4.88 Å². The summed E-state index contributed by atoms with van der Waals surface area (Å²) in [6.45, 7) is 0.500. The number of hydrogen-bond donors (Lipinski definition) is 1. The normalized spacial score (nSPS) is 12.3. The van der Waals surface area contributed by atoms with E-state index in [9.17, 15) is 4.79 Å². The lowest BCUT2D eigenvalue weighted by molar-refractivity contribution is -0.116. The van der Waals surface area contributed by atoms with Gasteiger partial charge in [0.1, 0.15) is 6.04 Å². The Bertz CT molecular complexity index is 715. The van der Waals surface area contributed by atoms with Gasteiger partial charge in [-0.15, -0.1) is 11.3 Å². The van der Waals surface area contributed by atoms with E-state index in [1.54, 1.807) is 23.6 Å². The van der Waals surface area contributed by atoms with Gasteiger partial charge in [0.2, 0.25) is 5.91 Å². The first-order chi connectivity index (χ1) is 11.3. The molecule has 3 aromatic rings. The van der Waals surface area contributed by atoms with Crippen molar-refractivity contribution in [3.05, 3.63) is 82.8 Å². The summed E-state index contributed by atoms with van der Waals surface area (Å²) in [5.74, 6) is -0.109. The zero-order valence-corrected chi connectivity index (χ0v) is 13.3. The molecule has 0 spiro atoms. The minimum absolute atomic E-state index is 0.0130. The predicted molar refractivity (Wildman–Crippen MR) is 93.2 cm³/mol. The van der Waals surface area contributed by atoms with E-state index in [4.69, 9.17) is 0 Å². The topological polar surface area (TPSA) is 46.9 Å². The van der Waals surface area contributed by atoms with Crippen molar-refractivity contribution in [2.75, 3.05) is 6.54 Å². The fourth-order valence-electron chi connectivity index (χ4n) is 2.26. The molecule has 5 heteroatoms. The highest BCUT2D eigenvalue weighted by Gasteiger charge is 2.15. The second-order valence-electron chi connectivity index (χ2n) is 5.01. The van der Waals surface area contributed by atoms with Crippen molar-refractivity contribution < 1.29 is 4.79 Å². The Balaban J connectivity index is 1.63. The minimum Gasteiger partial charge on any atom is -0.350 e. The van der Waals surface area contributed by atoms with Gasteiger partial charge in [-0.05, 0) is 29.2 Å². The fraction of sp³-hybridized carbons (Fsp3) is 0.111. The molecule has 0 bridgehead atoms. The molecule has 0 saturated carbocycles. The number of amides is 1. The van der Waals surface area contributed by atoms with Gasteiger partial charge in [-0.25, -0.2) is 0 Å². The molecule has 0 aliphatic carbocycles. The molecular weight excluding hydrogens is 306 g/mol. The highest BCUT2D eigenvalue weighted by Crippen LogP contribution is 2.21. The number of aromatic nitrogens is 2. The van der Waals surface area contributed by atoms with E-state index in [0.29, 0.717) is 6.54 Å². The van der Waals surface area contributed by atoms with Crippen LogP contribution in [0.25, 0.3) is 6.08 Å². The lowest BCUT2D eigenvalue weighted by atomic mass is 10.2. The van der Waals surface area contributed by atoms with Crippen LogP contribution in [0.2, 0.25) is 0 Å². The molecule has 0 unspecified atom stereocenters. The highest BCUT2D eigenvalue weighted by molar-refractivity contribution is 7.10. The van der Waals surface area contributed by atoms with Gasteiger partial charge < -0.3 is 5.32 Å². The minimum atomic E-state index is -0.109. The largest absolute Gasteiger partial charge is 0.350 e. The lowest BCUT2D eigenvalue weighted by Gasteiger charge is -2.16. The molecular formula is C18H17N3OS. The maximum atomic E-state index is 12.0. The van der Waals surface area contributed by atoms with Crippen LogP contribution < -0.4 is 5.32 Å². The number of hydrogen-bond acceptors (Lipinski definition) is 3. The number of nitrogens with one attached hydrogen (secondary N) is 1. The molecule has 4 nitrogen and oxygen atoms in total. The van der Waals surface area contributed by atoms with Crippen molar-refractivity contribution in [1.29, 1.82) is 0 Å². The first-order valence-corrected chi connectivity index (χ1v) is 8.24. The second kappa shape index (κ2) is 7.56. The van der Waals surface area contributed by atoms with Crippen LogP contribution in [0.15, 0.2) is 72.4 Å². The molecule has 1 atom stereocenters. The summed E-state index contributed by atoms with van der Waals surface area (Å²) in [5.41, 5.74) is 1.00. The van der Waals surface area contributed by atoms with Crippen LogP contribution in [0.1, 0.15) is 16.5 Å². The van der Waals surface area contributed by atoms with Gasteiger partial charge >= 0.3 is 0 Å². The molecule has 0 aliphatic rings. The van der Waals surface area contributed by atoms with Gasteiger partial charge in [-0.3, -0.25) is 9.48 Å². The summed E-state index contributed by atoms with van der Waals surface area (Å²) in [6, 6.07) is 15.7. The zero-order chi connectivity index (χ0) is 15.9. The smallest absolute Gasteiger partial charge is 0.244 e. The number of carbonyl (C=O) groups is 1. The molecule has 1 N–H and O–H groups in total. The summed E-state index contributed by atoms with van der Waals surface area (Å²) >= 11 is 1.66. The number of thiophene rings is 1. The third kappa shape index (κ3) is 4.17. The Kier molecular flexibility index (Phi) is 5.01. The van der Waals surface area contributed by atoms with Crippen molar-refractivity contribution in [2.45, 2.75) is 6.04 Å². The van der Waals surface area contributed by atoms with Crippen LogP contribution in [-0.2, 0) is 4.79 Å². The predicted octanol–water partition coefficient (Wildman–Crippen LogP) is 3.36. The Hall–Kier alpha value is -2.66. The van der Waals surface area contributed by atoms with Crippen molar-refractivity contribution in [3.8, 4) is 0 Å². The van der Waals surface area contributed by atoms with Crippen molar-refractivity contribution >= 4 is 23.3 Å². The monoisotopic (exact) mass is 323 g/mol. The molecule has 2 heterocycles.